The molecule has 3 aromatic carbocycles. The summed E-state index contributed by atoms with van der Waals surface area (Å²) in [5.74, 6) is -3.72. The van der Waals surface area contributed by atoms with Crippen LogP contribution >= 0.6 is 0 Å². The van der Waals surface area contributed by atoms with Crippen LogP contribution in [0.1, 0.15) is 40.2 Å². The monoisotopic (exact) mass is 576 g/mol. The first-order chi connectivity index (χ1) is 19.7. The maximum atomic E-state index is 14.7. The van der Waals surface area contributed by atoms with Crippen LogP contribution in [-0.2, 0) is 29.9 Å². The minimum atomic E-state index is -2.80. The molecule has 3 aromatic rings. The molecule has 0 N–H and O–H groups in total. The van der Waals surface area contributed by atoms with Crippen LogP contribution in [0.2, 0.25) is 5.04 Å². The van der Waals surface area contributed by atoms with Crippen molar-refractivity contribution in [2.45, 2.75) is 46.1 Å². The molecule has 7 heteroatoms. The van der Waals surface area contributed by atoms with Crippen molar-refractivity contribution < 1.29 is 27.9 Å². The maximum Gasteiger partial charge on any atom is 0.320 e. The van der Waals surface area contributed by atoms with Crippen LogP contribution < -0.4 is 10.4 Å². The number of rotatable bonds is 13. The van der Waals surface area contributed by atoms with Crippen molar-refractivity contribution in [2.24, 2.45) is 11.8 Å². The summed E-state index contributed by atoms with van der Waals surface area (Å²) < 4.78 is 32.1. The summed E-state index contributed by atoms with van der Waals surface area (Å²) in [5.41, 5.74) is 0.397. The molecule has 0 aliphatic carbocycles. The lowest BCUT2D eigenvalue weighted by molar-refractivity contribution is -0.163. The molecule has 1 atom stereocenters. The van der Waals surface area contributed by atoms with Gasteiger partial charge in [-0.05, 0) is 47.3 Å². The van der Waals surface area contributed by atoms with E-state index in [4.69, 9.17) is 13.9 Å². The summed E-state index contributed by atoms with van der Waals surface area (Å²) >= 11 is 0. The van der Waals surface area contributed by atoms with Crippen LogP contribution in [0.3, 0.4) is 0 Å². The lowest BCUT2D eigenvalue weighted by Gasteiger charge is -2.42. The molecule has 41 heavy (non-hydrogen) atoms. The molecule has 0 fully saturated rings. The normalized spacial score (nSPS) is 12.9. The number of halogens is 1. The van der Waals surface area contributed by atoms with Gasteiger partial charge in [0.1, 0.15) is 5.82 Å². The second-order valence-corrected chi connectivity index (χ2v) is 15.1. The molecule has 0 amide bonds. The van der Waals surface area contributed by atoms with E-state index in [1.165, 1.54) is 6.07 Å². The van der Waals surface area contributed by atoms with Gasteiger partial charge >= 0.3 is 11.9 Å². The van der Waals surface area contributed by atoms with E-state index in [0.717, 1.165) is 10.4 Å². The standard InChI is InChI=1S/C34H41FO5Si/c1-6-38-32(36)31(33(37)39-7-2)27(25-26-17-14-15-23-30(26)35)18-16-24-40-41(34(3,4)5,28-19-10-8-11-20-28)29-21-12-9-13-22-29/h8-23,27,31H,6-7,24-25H2,1-5H3/b18-16+. The second-order valence-electron chi connectivity index (χ2n) is 10.8. The summed E-state index contributed by atoms with van der Waals surface area (Å²) in [6, 6.07) is 26.9. The zero-order valence-corrected chi connectivity index (χ0v) is 25.6. The first kappa shape index (κ1) is 32.0. The quantitative estimate of drug-likeness (QED) is 0.110. The highest BCUT2D eigenvalue weighted by molar-refractivity contribution is 6.99. The summed E-state index contributed by atoms with van der Waals surface area (Å²) in [4.78, 5) is 26.0. The summed E-state index contributed by atoms with van der Waals surface area (Å²) in [5, 5.41) is 2.07. The maximum absolute atomic E-state index is 14.7. The lowest BCUT2D eigenvalue weighted by atomic mass is 9.86. The van der Waals surface area contributed by atoms with Crippen molar-refractivity contribution in [1.82, 2.24) is 0 Å². The predicted molar refractivity (Wildman–Crippen MR) is 163 cm³/mol. The molecule has 3 rings (SSSR count). The van der Waals surface area contributed by atoms with E-state index in [-0.39, 0.29) is 31.3 Å². The largest absolute Gasteiger partial charge is 0.465 e. The van der Waals surface area contributed by atoms with Crippen LogP contribution in [0.5, 0.6) is 0 Å². The van der Waals surface area contributed by atoms with Crippen molar-refractivity contribution in [2.75, 3.05) is 19.8 Å². The molecule has 1 unspecified atom stereocenters. The molecule has 0 aliphatic heterocycles. The van der Waals surface area contributed by atoms with Gasteiger partial charge in [-0.25, -0.2) is 4.39 Å². The van der Waals surface area contributed by atoms with Gasteiger partial charge < -0.3 is 13.9 Å². The first-order valence-corrected chi connectivity index (χ1v) is 16.0. The van der Waals surface area contributed by atoms with Crippen molar-refractivity contribution in [1.29, 1.82) is 0 Å². The average molecular weight is 577 g/mol. The highest BCUT2D eigenvalue weighted by Gasteiger charge is 2.50. The topological polar surface area (TPSA) is 61.8 Å². The SMILES string of the molecule is CCOC(=O)C(C(=O)OCC)C(/C=C/CO[Si](c1ccccc1)(c1ccccc1)C(C)(C)C)Cc1ccccc1F. The van der Waals surface area contributed by atoms with Crippen LogP contribution in [-0.4, -0.2) is 40.1 Å². The zero-order valence-electron chi connectivity index (χ0n) is 24.6. The zero-order chi connectivity index (χ0) is 29.9. The van der Waals surface area contributed by atoms with Gasteiger partial charge in [0.05, 0.1) is 19.8 Å². The smallest absolute Gasteiger partial charge is 0.320 e. The highest BCUT2D eigenvalue weighted by Crippen LogP contribution is 2.36. The Hall–Kier alpha value is -3.55. The number of hydrogen-bond donors (Lipinski definition) is 0. The number of ether oxygens (including phenoxy) is 2. The average Bonchev–Trinajstić information content (AvgIpc) is 2.95. The summed E-state index contributed by atoms with van der Waals surface area (Å²) in [7, 11) is -2.80. The summed E-state index contributed by atoms with van der Waals surface area (Å²) in [6.07, 6.45) is 3.71. The fourth-order valence-electron chi connectivity index (χ4n) is 5.29. The Labute approximate surface area is 244 Å². The van der Waals surface area contributed by atoms with E-state index in [0.29, 0.717) is 5.56 Å². The van der Waals surface area contributed by atoms with E-state index >= 15 is 0 Å². The molecular formula is C34H41FO5Si. The molecule has 0 saturated carbocycles. The molecule has 0 saturated heterocycles. The molecule has 0 aromatic heterocycles. The van der Waals surface area contributed by atoms with Crippen LogP contribution in [0.25, 0.3) is 0 Å². The van der Waals surface area contributed by atoms with Crippen molar-refractivity contribution in [3.63, 3.8) is 0 Å². The number of allylic oxidation sites excluding steroid dienone is 1. The van der Waals surface area contributed by atoms with Gasteiger partial charge in [-0.3, -0.25) is 9.59 Å². The number of hydrogen-bond acceptors (Lipinski definition) is 5. The second kappa shape index (κ2) is 14.9. The molecule has 0 aliphatic rings. The van der Waals surface area contributed by atoms with E-state index in [1.54, 1.807) is 38.1 Å². The van der Waals surface area contributed by atoms with Gasteiger partial charge in [0.2, 0.25) is 0 Å². The first-order valence-electron chi connectivity index (χ1n) is 14.1. The van der Waals surface area contributed by atoms with Gasteiger partial charge in [-0.15, -0.1) is 0 Å². The molecular weight excluding hydrogens is 535 g/mol. The Morgan fingerprint density at radius 2 is 1.29 bits per heavy atom. The van der Waals surface area contributed by atoms with Crippen LogP contribution in [0.15, 0.2) is 97.1 Å². The number of carbonyl (C=O) groups excluding carboxylic acids is 2. The van der Waals surface area contributed by atoms with Gasteiger partial charge in [0.15, 0.2) is 5.92 Å². The number of carbonyl (C=O) groups is 2. The fourth-order valence-corrected chi connectivity index (χ4v) is 9.79. The molecule has 0 spiro atoms. The van der Waals surface area contributed by atoms with Gasteiger partial charge in [0, 0.05) is 5.92 Å². The molecule has 5 nitrogen and oxygen atoms in total. The van der Waals surface area contributed by atoms with Gasteiger partial charge in [0.25, 0.3) is 8.32 Å². The Morgan fingerprint density at radius 3 is 1.76 bits per heavy atom. The molecule has 0 radical (unpaired) electrons. The van der Waals surface area contributed by atoms with Crippen molar-refractivity contribution in [3.8, 4) is 0 Å². The Kier molecular flexibility index (Phi) is 11.6. The molecule has 0 heterocycles. The summed E-state index contributed by atoms with van der Waals surface area (Å²) in [6.45, 7) is 10.4. The van der Waals surface area contributed by atoms with E-state index in [1.807, 2.05) is 42.5 Å². The third kappa shape index (κ3) is 7.80. The third-order valence-corrected chi connectivity index (χ3v) is 12.1. The van der Waals surface area contributed by atoms with Crippen LogP contribution in [0.4, 0.5) is 4.39 Å². The lowest BCUT2D eigenvalue weighted by Crippen LogP contribution is -2.66. The highest BCUT2D eigenvalue weighted by atomic mass is 28.4. The number of benzene rings is 3. The Balaban J connectivity index is 2.01. The molecule has 0 bridgehead atoms. The van der Waals surface area contributed by atoms with E-state index < -0.39 is 37.9 Å². The molecule has 218 valence electrons. The van der Waals surface area contributed by atoms with Crippen molar-refractivity contribution in [3.05, 3.63) is 108 Å². The minimum Gasteiger partial charge on any atom is -0.465 e. The Bertz CT molecular complexity index is 1230. The minimum absolute atomic E-state index is 0.113. The van der Waals surface area contributed by atoms with E-state index in [9.17, 15) is 14.0 Å². The number of esters is 2. The predicted octanol–water partition coefficient (Wildman–Crippen LogP) is 5.86. The van der Waals surface area contributed by atoms with E-state index in [2.05, 4.69) is 45.0 Å². The van der Waals surface area contributed by atoms with Crippen LogP contribution in [0, 0.1) is 17.7 Å². The van der Waals surface area contributed by atoms with Gasteiger partial charge in [-0.1, -0.05) is 112 Å². The van der Waals surface area contributed by atoms with Gasteiger partial charge in [-0.2, -0.15) is 0 Å². The Morgan fingerprint density at radius 1 is 0.805 bits per heavy atom. The fraction of sp³-hybridized carbons (Fsp3) is 0.353. The van der Waals surface area contributed by atoms with Crippen molar-refractivity contribution >= 4 is 30.6 Å². The third-order valence-electron chi connectivity index (χ3n) is 7.12.